The maximum absolute atomic E-state index is 14.6. The Bertz CT molecular complexity index is 885. The largest absolute Gasteiger partial charge is 0.323 e. The lowest BCUT2D eigenvalue weighted by molar-refractivity contribution is -0.117. The molecule has 0 aliphatic heterocycles. The van der Waals surface area contributed by atoms with Crippen molar-refractivity contribution in [3.63, 3.8) is 0 Å². The third-order valence-corrected chi connectivity index (χ3v) is 5.29. The number of fused-ring (bicyclic) bond motifs is 1. The van der Waals surface area contributed by atoms with Gasteiger partial charge in [-0.15, -0.1) is 0 Å². The number of hydrogen-bond donors (Lipinski definition) is 1. The van der Waals surface area contributed by atoms with Gasteiger partial charge in [0.1, 0.15) is 11.6 Å². The van der Waals surface area contributed by atoms with Crippen molar-refractivity contribution in [3.05, 3.63) is 28.0 Å². The predicted molar refractivity (Wildman–Crippen MR) is 99.9 cm³/mol. The van der Waals surface area contributed by atoms with Crippen LogP contribution in [0.25, 0.3) is 10.9 Å². The predicted octanol–water partition coefficient (Wildman–Crippen LogP) is 5.51. The maximum Gasteiger partial charge on any atom is 0.226 e. The Morgan fingerprint density at radius 1 is 1.44 bits per heavy atom. The minimum atomic E-state index is -0.453. The molecule has 1 aromatic carbocycles. The van der Waals surface area contributed by atoms with E-state index in [0.717, 1.165) is 19.3 Å². The Morgan fingerprint density at radius 2 is 2.12 bits per heavy atom. The van der Waals surface area contributed by atoms with Crippen molar-refractivity contribution in [1.29, 1.82) is 5.26 Å². The SMILES string of the molecule is CC(C)(C)CC(=O)Nc1c(Br)c2c(F)cc(C#N)cc2n1C1CCC1. The molecule has 1 aliphatic carbocycles. The number of rotatable bonds is 3. The first kappa shape index (κ1) is 17.9. The van der Waals surface area contributed by atoms with E-state index in [0.29, 0.717) is 27.6 Å². The van der Waals surface area contributed by atoms with Gasteiger partial charge in [-0.3, -0.25) is 4.79 Å². The molecule has 0 radical (unpaired) electrons. The lowest BCUT2D eigenvalue weighted by atomic mass is 9.92. The average Bonchev–Trinajstić information content (AvgIpc) is 2.69. The van der Waals surface area contributed by atoms with Gasteiger partial charge >= 0.3 is 0 Å². The van der Waals surface area contributed by atoms with Crippen molar-refractivity contribution < 1.29 is 9.18 Å². The lowest BCUT2D eigenvalue weighted by Crippen LogP contribution is -2.24. The first-order valence-electron chi connectivity index (χ1n) is 8.44. The molecule has 1 heterocycles. The van der Waals surface area contributed by atoms with E-state index in [1.165, 1.54) is 6.07 Å². The number of amides is 1. The fourth-order valence-corrected chi connectivity index (χ4v) is 3.89. The normalized spacial score (nSPS) is 15.0. The highest BCUT2D eigenvalue weighted by molar-refractivity contribution is 9.10. The van der Waals surface area contributed by atoms with Gasteiger partial charge in [0.2, 0.25) is 5.91 Å². The van der Waals surface area contributed by atoms with Crippen LogP contribution in [0.5, 0.6) is 0 Å². The maximum atomic E-state index is 14.6. The molecule has 1 aromatic heterocycles. The van der Waals surface area contributed by atoms with Crippen LogP contribution in [0.4, 0.5) is 10.2 Å². The van der Waals surface area contributed by atoms with Crippen LogP contribution in [0.3, 0.4) is 0 Å². The van der Waals surface area contributed by atoms with E-state index in [9.17, 15) is 9.18 Å². The van der Waals surface area contributed by atoms with Crippen molar-refractivity contribution in [2.45, 2.75) is 52.5 Å². The van der Waals surface area contributed by atoms with Gasteiger partial charge in [-0.2, -0.15) is 5.26 Å². The third kappa shape index (κ3) is 3.43. The van der Waals surface area contributed by atoms with Crippen molar-refractivity contribution in [2.75, 3.05) is 5.32 Å². The quantitative estimate of drug-likeness (QED) is 0.730. The van der Waals surface area contributed by atoms with Gasteiger partial charge < -0.3 is 9.88 Å². The summed E-state index contributed by atoms with van der Waals surface area (Å²) in [5.41, 5.74) is 0.797. The summed E-state index contributed by atoms with van der Waals surface area (Å²) < 4.78 is 17.1. The van der Waals surface area contributed by atoms with E-state index in [1.54, 1.807) is 6.07 Å². The number of halogens is 2. The molecule has 0 spiro atoms. The van der Waals surface area contributed by atoms with Gasteiger partial charge in [0.25, 0.3) is 0 Å². The number of benzene rings is 1. The highest BCUT2D eigenvalue weighted by Crippen LogP contribution is 2.44. The van der Waals surface area contributed by atoms with E-state index < -0.39 is 5.82 Å². The molecule has 1 N–H and O–H groups in total. The molecule has 0 saturated heterocycles. The van der Waals surface area contributed by atoms with Crippen molar-refractivity contribution in [1.82, 2.24) is 4.57 Å². The smallest absolute Gasteiger partial charge is 0.226 e. The van der Waals surface area contributed by atoms with E-state index in [2.05, 4.69) is 21.2 Å². The topological polar surface area (TPSA) is 57.8 Å². The Labute approximate surface area is 155 Å². The Morgan fingerprint density at radius 3 is 2.64 bits per heavy atom. The number of nitrogens with zero attached hydrogens (tertiary/aromatic N) is 2. The Balaban J connectivity index is 2.13. The van der Waals surface area contributed by atoms with Gasteiger partial charge in [0.05, 0.1) is 27.0 Å². The summed E-state index contributed by atoms with van der Waals surface area (Å²) in [5, 5.41) is 12.5. The van der Waals surface area contributed by atoms with Gasteiger partial charge in [-0.05, 0) is 52.7 Å². The molecule has 2 aromatic rings. The van der Waals surface area contributed by atoms with Crippen LogP contribution in [-0.2, 0) is 4.79 Å². The second-order valence-corrected chi connectivity index (χ2v) is 8.66. The number of anilines is 1. The number of nitriles is 1. The molecule has 1 aliphatic rings. The van der Waals surface area contributed by atoms with Crippen LogP contribution in [0.2, 0.25) is 0 Å². The fourth-order valence-electron chi connectivity index (χ4n) is 3.21. The molecule has 25 heavy (non-hydrogen) atoms. The van der Waals surface area contributed by atoms with Crippen molar-refractivity contribution in [2.24, 2.45) is 5.41 Å². The molecule has 1 fully saturated rings. The first-order chi connectivity index (χ1) is 11.7. The second kappa shape index (κ2) is 6.45. The number of carbonyl (C=O) groups is 1. The molecule has 132 valence electrons. The zero-order chi connectivity index (χ0) is 18.4. The molecule has 1 saturated carbocycles. The van der Waals surface area contributed by atoms with Crippen LogP contribution < -0.4 is 5.32 Å². The van der Waals surface area contributed by atoms with Gasteiger partial charge in [-0.25, -0.2) is 4.39 Å². The Hall–Kier alpha value is -1.87. The zero-order valence-corrected chi connectivity index (χ0v) is 16.2. The molecule has 1 amide bonds. The summed E-state index contributed by atoms with van der Waals surface area (Å²) in [7, 11) is 0. The first-order valence-corrected chi connectivity index (χ1v) is 9.23. The minimum absolute atomic E-state index is 0.0995. The highest BCUT2D eigenvalue weighted by Gasteiger charge is 2.29. The van der Waals surface area contributed by atoms with E-state index in [1.807, 2.05) is 31.4 Å². The summed E-state index contributed by atoms with van der Waals surface area (Å²) in [5.74, 6) is 0.0331. The molecule has 4 nitrogen and oxygen atoms in total. The molecule has 0 bridgehead atoms. The molecule has 6 heteroatoms. The molecule has 0 atom stereocenters. The molecule has 3 rings (SSSR count). The van der Waals surface area contributed by atoms with Gasteiger partial charge in [0, 0.05) is 12.5 Å². The van der Waals surface area contributed by atoms with Gasteiger partial charge in [-0.1, -0.05) is 20.8 Å². The molecular formula is C19H21BrFN3O. The summed E-state index contributed by atoms with van der Waals surface area (Å²) in [6.45, 7) is 6.01. The average molecular weight is 406 g/mol. The standard InChI is InChI=1S/C19H21BrFN3O/c1-19(2,3)9-15(25)23-18-17(20)16-13(21)7-11(10-22)8-14(16)24(18)12-5-4-6-12/h7-8,12H,4-6,9H2,1-3H3,(H,23,25). The number of aromatic nitrogens is 1. The summed E-state index contributed by atoms with van der Waals surface area (Å²) in [6, 6.07) is 5.15. The molecule has 0 unspecified atom stereocenters. The van der Waals surface area contributed by atoms with Crippen LogP contribution in [0.1, 0.15) is 58.1 Å². The Kier molecular flexibility index (Phi) is 4.63. The van der Waals surface area contributed by atoms with Crippen LogP contribution in [-0.4, -0.2) is 10.5 Å². The van der Waals surface area contributed by atoms with Gasteiger partial charge in [0.15, 0.2) is 0 Å². The fraction of sp³-hybridized carbons (Fsp3) is 0.474. The van der Waals surface area contributed by atoms with E-state index >= 15 is 0 Å². The monoisotopic (exact) mass is 405 g/mol. The second-order valence-electron chi connectivity index (χ2n) is 7.87. The highest BCUT2D eigenvalue weighted by atomic mass is 79.9. The minimum Gasteiger partial charge on any atom is -0.323 e. The summed E-state index contributed by atoms with van der Waals surface area (Å²) in [4.78, 5) is 12.5. The van der Waals surface area contributed by atoms with E-state index in [-0.39, 0.29) is 22.9 Å². The number of nitrogens with one attached hydrogen (secondary N) is 1. The number of hydrogen-bond acceptors (Lipinski definition) is 2. The summed E-state index contributed by atoms with van der Waals surface area (Å²) in [6.07, 6.45) is 3.45. The summed E-state index contributed by atoms with van der Waals surface area (Å²) >= 11 is 3.47. The number of carbonyl (C=O) groups excluding carboxylic acids is 1. The third-order valence-electron chi connectivity index (χ3n) is 4.51. The zero-order valence-electron chi connectivity index (χ0n) is 14.6. The van der Waals surface area contributed by atoms with Crippen molar-refractivity contribution >= 4 is 38.6 Å². The molecular weight excluding hydrogens is 385 g/mol. The van der Waals surface area contributed by atoms with Crippen molar-refractivity contribution in [3.8, 4) is 6.07 Å². The lowest BCUT2D eigenvalue weighted by Gasteiger charge is -2.30. The van der Waals surface area contributed by atoms with E-state index in [4.69, 9.17) is 5.26 Å². The van der Waals surface area contributed by atoms with Crippen LogP contribution in [0, 0.1) is 22.6 Å². The van der Waals surface area contributed by atoms with Crippen LogP contribution in [0.15, 0.2) is 16.6 Å². The van der Waals surface area contributed by atoms with Crippen LogP contribution >= 0.6 is 15.9 Å².